The molecular formula is C17H18N4OS. The zero-order valence-corrected chi connectivity index (χ0v) is 13.3. The third-order valence-electron chi connectivity index (χ3n) is 3.54. The minimum absolute atomic E-state index is 0.180. The highest BCUT2D eigenvalue weighted by molar-refractivity contribution is 7.13. The lowest BCUT2D eigenvalue weighted by Crippen LogP contribution is -2.36. The second kappa shape index (κ2) is 7.21. The van der Waals surface area contributed by atoms with Gasteiger partial charge in [0.15, 0.2) is 0 Å². The Kier molecular flexibility index (Phi) is 4.85. The van der Waals surface area contributed by atoms with Crippen molar-refractivity contribution < 1.29 is 4.79 Å². The van der Waals surface area contributed by atoms with Gasteiger partial charge in [0, 0.05) is 18.5 Å². The first-order valence-corrected chi connectivity index (χ1v) is 8.19. The molecule has 0 saturated heterocycles. The van der Waals surface area contributed by atoms with Crippen molar-refractivity contribution in [2.75, 3.05) is 18.4 Å². The molecule has 1 atom stereocenters. The van der Waals surface area contributed by atoms with E-state index >= 15 is 0 Å². The van der Waals surface area contributed by atoms with Gasteiger partial charge in [-0.2, -0.15) is 4.37 Å². The summed E-state index contributed by atoms with van der Waals surface area (Å²) < 4.78 is 5.53. The molecule has 0 radical (unpaired) electrons. The molecule has 1 unspecified atom stereocenters. The first kappa shape index (κ1) is 15.5. The summed E-state index contributed by atoms with van der Waals surface area (Å²) in [6, 6.07) is 16.8. The summed E-state index contributed by atoms with van der Waals surface area (Å²) in [6.45, 7) is 1.09. The fraction of sp³-hybridized carbons (Fsp3) is 0.176. The maximum absolute atomic E-state index is 12.0. The fourth-order valence-corrected chi connectivity index (χ4v) is 3.06. The van der Waals surface area contributed by atoms with Gasteiger partial charge in [0.2, 0.25) is 5.91 Å². The Morgan fingerprint density at radius 2 is 1.83 bits per heavy atom. The predicted molar refractivity (Wildman–Crippen MR) is 94.5 cm³/mol. The van der Waals surface area contributed by atoms with Crippen LogP contribution in [0.4, 0.5) is 5.82 Å². The average Bonchev–Trinajstić information content (AvgIpc) is 3.02. The fourth-order valence-electron chi connectivity index (χ4n) is 2.30. The lowest BCUT2D eigenvalue weighted by Gasteiger charge is -2.12. The van der Waals surface area contributed by atoms with Crippen molar-refractivity contribution in [3.63, 3.8) is 0 Å². The van der Waals surface area contributed by atoms with E-state index in [0.717, 1.165) is 21.5 Å². The molecule has 3 rings (SSSR count). The number of nitrogens with zero attached hydrogens (tertiary/aromatic N) is 1. The van der Waals surface area contributed by atoms with Crippen LogP contribution in [-0.2, 0) is 4.79 Å². The lowest BCUT2D eigenvalue weighted by atomic mass is 10.1. The highest BCUT2D eigenvalue weighted by Gasteiger charge is 2.14. The van der Waals surface area contributed by atoms with Gasteiger partial charge in [0.1, 0.15) is 11.9 Å². The molecule has 0 aliphatic heterocycles. The maximum atomic E-state index is 12.0. The molecule has 1 amide bonds. The van der Waals surface area contributed by atoms with E-state index in [9.17, 15) is 4.79 Å². The SMILES string of the molecule is NC(C(=O)NCCNc1nsc2ccccc12)c1ccccc1. The van der Waals surface area contributed by atoms with Crippen LogP contribution in [0, 0.1) is 0 Å². The lowest BCUT2D eigenvalue weighted by molar-refractivity contribution is -0.122. The van der Waals surface area contributed by atoms with Crippen molar-refractivity contribution in [2.24, 2.45) is 5.73 Å². The Bertz CT molecular complexity index is 787. The first-order chi connectivity index (χ1) is 11.3. The predicted octanol–water partition coefficient (Wildman–Crippen LogP) is 2.52. The van der Waals surface area contributed by atoms with Crippen LogP contribution in [0.25, 0.3) is 10.1 Å². The van der Waals surface area contributed by atoms with Gasteiger partial charge >= 0.3 is 0 Å². The molecule has 0 bridgehead atoms. The minimum atomic E-state index is -0.642. The quantitative estimate of drug-likeness (QED) is 0.608. The van der Waals surface area contributed by atoms with E-state index in [1.807, 2.05) is 54.6 Å². The number of benzene rings is 2. The second-order valence-electron chi connectivity index (χ2n) is 5.13. The number of aromatic nitrogens is 1. The summed E-state index contributed by atoms with van der Waals surface area (Å²) in [5.74, 6) is 0.674. The van der Waals surface area contributed by atoms with E-state index < -0.39 is 6.04 Å². The zero-order chi connectivity index (χ0) is 16.1. The van der Waals surface area contributed by atoms with E-state index in [2.05, 4.69) is 15.0 Å². The standard InChI is InChI=1S/C17H18N4OS/c18-15(12-6-2-1-3-7-12)17(22)20-11-10-19-16-13-8-4-5-9-14(13)23-21-16/h1-9,15H,10-11,18H2,(H,19,21)(H,20,22). The topological polar surface area (TPSA) is 80.0 Å². The van der Waals surface area contributed by atoms with E-state index in [0.29, 0.717) is 13.1 Å². The highest BCUT2D eigenvalue weighted by Crippen LogP contribution is 2.25. The number of amides is 1. The molecule has 0 fully saturated rings. The first-order valence-electron chi connectivity index (χ1n) is 7.42. The molecule has 0 spiro atoms. The molecule has 5 nitrogen and oxygen atoms in total. The van der Waals surface area contributed by atoms with Gasteiger partial charge in [0.25, 0.3) is 0 Å². The summed E-state index contributed by atoms with van der Waals surface area (Å²) in [5.41, 5.74) is 6.76. The van der Waals surface area contributed by atoms with Crippen LogP contribution in [-0.4, -0.2) is 23.4 Å². The second-order valence-corrected chi connectivity index (χ2v) is 5.94. The van der Waals surface area contributed by atoms with Crippen LogP contribution >= 0.6 is 11.5 Å². The number of nitrogens with one attached hydrogen (secondary N) is 2. The normalized spacial score (nSPS) is 12.0. The number of anilines is 1. The Labute approximate surface area is 138 Å². The number of carbonyl (C=O) groups excluding carboxylic acids is 1. The van der Waals surface area contributed by atoms with Gasteiger partial charge in [-0.05, 0) is 29.2 Å². The molecule has 118 valence electrons. The van der Waals surface area contributed by atoms with E-state index in [4.69, 9.17) is 5.73 Å². The smallest absolute Gasteiger partial charge is 0.241 e. The van der Waals surface area contributed by atoms with Crippen molar-refractivity contribution in [1.29, 1.82) is 0 Å². The number of rotatable bonds is 6. The van der Waals surface area contributed by atoms with E-state index in [1.165, 1.54) is 11.5 Å². The average molecular weight is 326 g/mol. The Morgan fingerprint density at radius 3 is 2.65 bits per heavy atom. The molecule has 1 heterocycles. The van der Waals surface area contributed by atoms with Gasteiger partial charge in [-0.25, -0.2) is 0 Å². The third kappa shape index (κ3) is 3.67. The maximum Gasteiger partial charge on any atom is 0.241 e. The zero-order valence-electron chi connectivity index (χ0n) is 12.5. The van der Waals surface area contributed by atoms with Crippen LogP contribution in [0.1, 0.15) is 11.6 Å². The van der Waals surface area contributed by atoms with Gasteiger partial charge < -0.3 is 16.4 Å². The summed E-state index contributed by atoms with van der Waals surface area (Å²) >= 11 is 1.46. The summed E-state index contributed by atoms with van der Waals surface area (Å²) in [4.78, 5) is 12.0. The molecule has 0 aliphatic rings. The highest BCUT2D eigenvalue weighted by atomic mass is 32.1. The molecular weight excluding hydrogens is 308 g/mol. The van der Waals surface area contributed by atoms with Crippen LogP contribution in [0.3, 0.4) is 0 Å². The molecule has 0 saturated carbocycles. The number of carbonyl (C=O) groups is 1. The molecule has 6 heteroatoms. The van der Waals surface area contributed by atoms with Crippen molar-refractivity contribution in [1.82, 2.24) is 9.69 Å². The Morgan fingerprint density at radius 1 is 1.09 bits per heavy atom. The molecule has 0 aliphatic carbocycles. The molecule has 1 aromatic heterocycles. The third-order valence-corrected chi connectivity index (χ3v) is 4.36. The monoisotopic (exact) mass is 326 g/mol. The van der Waals surface area contributed by atoms with Crippen molar-refractivity contribution >= 4 is 33.3 Å². The van der Waals surface area contributed by atoms with Crippen LogP contribution in [0.5, 0.6) is 0 Å². The van der Waals surface area contributed by atoms with Gasteiger partial charge in [-0.15, -0.1) is 0 Å². The molecule has 3 aromatic rings. The van der Waals surface area contributed by atoms with Crippen molar-refractivity contribution in [2.45, 2.75) is 6.04 Å². The van der Waals surface area contributed by atoms with E-state index in [1.54, 1.807) is 0 Å². The van der Waals surface area contributed by atoms with Crippen LogP contribution in [0.15, 0.2) is 54.6 Å². The van der Waals surface area contributed by atoms with E-state index in [-0.39, 0.29) is 5.91 Å². The van der Waals surface area contributed by atoms with Gasteiger partial charge in [-0.3, -0.25) is 4.79 Å². The summed E-state index contributed by atoms with van der Waals surface area (Å²) in [6.07, 6.45) is 0. The van der Waals surface area contributed by atoms with Gasteiger partial charge in [-0.1, -0.05) is 42.5 Å². The molecule has 2 aromatic carbocycles. The largest absolute Gasteiger partial charge is 0.367 e. The Balaban J connectivity index is 1.49. The molecule has 23 heavy (non-hydrogen) atoms. The minimum Gasteiger partial charge on any atom is -0.367 e. The van der Waals surface area contributed by atoms with Crippen molar-refractivity contribution in [3.05, 3.63) is 60.2 Å². The van der Waals surface area contributed by atoms with Gasteiger partial charge in [0.05, 0.1) is 4.70 Å². The number of fused-ring (bicyclic) bond motifs is 1. The number of hydrogen-bond donors (Lipinski definition) is 3. The number of nitrogens with two attached hydrogens (primary N) is 1. The summed E-state index contributed by atoms with van der Waals surface area (Å²) in [5, 5.41) is 7.19. The summed E-state index contributed by atoms with van der Waals surface area (Å²) in [7, 11) is 0. The van der Waals surface area contributed by atoms with Crippen LogP contribution < -0.4 is 16.4 Å². The molecule has 4 N–H and O–H groups in total. The van der Waals surface area contributed by atoms with Crippen molar-refractivity contribution in [3.8, 4) is 0 Å². The van der Waals surface area contributed by atoms with Crippen LogP contribution in [0.2, 0.25) is 0 Å². The number of hydrogen-bond acceptors (Lipinski definition) is 5. The Hall–Kier alpha value is -2.44.